The van der Waals surface area contributed by atoms with E-state index in [2.05, 4.69) is 11.9 Å². The van der Waals surface area contributed by atoms with E-state index in [0.717, 1.165) is 25.3 Å². The minimum atomic E-state index is -0.692. The third-order valence-electron chi connectivity index (χ3n) is 4.64. The lowest BCUT2D eigenvalue weighted by Crippen LogP contribution is -2.48. The number of carbonyl (C=O) groups is 1. The van der Waals surface area contributed by atoms with Gasteiger partial charge in [-0.15, -0.1) is 0 Å². The Morgan fingerprint density at radius 2 is 2.05 bits per heavy atom. The summed E-state index contributed by atoms with van der Waals surface area (Å²) in [4.78, 5) is 13.8. The Morgan fingerprint density at radius 3 is 2.63 bits per heavy atom. The second kappa shape index (κ2) is 6.71. The average molecular weight is 269 g/mol. The molecule has 1 saturated carbocycles. The van der Waals surface area contributed by atoms with Crippen LogP contribution in [0.3, 0.4) is 0 Å². The molecule has 19 heavy (non-hydrogen) atoms. The largest absolute Gasteiger partial charge is 0.481 e. The summed E-state index contributed by atoms with van der Waals surface area (Å²) in [6, 6.07) is 0. The van der Waals surface area contributed by atoms with E-state index in [1.54, 1.807) is 0 Å². The van der Waals surface area contributed by atoms with Crippen LogP contribution in [0.1, 0.15) is 44.9 Å². The maximum Gasteiger partial charge on any atom is 0.313 e. The second-order valence-electron chi connectivity index (χ2n) is 6.44. The fourth-order valence-electron chi connectivity index (χ4n) is 3.61. The predicted octanol–water partition coefficient (Wildman–Crippen LogP) is 2.38. The van der Waals surface area contributed by atoms with Crippen LogP contribution in [0.2, 0.25) is 0 Å². The van der Waals surface area contributed by atoms with Gasteiger partial charge in [0, 0.05) is 19.7 Å². The van der Waals surface area contributed by atoms with Crippen LogP contribution in [0.5, 0.6) is 0 Å². The number of ether oxygens (including phenoxy) is 1. The van der Waals surface area contributed by atoms with Crippen LogP contribution in [-0.4, -0.2) is 49.3 Å². The predicted molar refractivity (Wildman–Crippen MR) is 74.2 cm³/mol. The molecule has 0 amide bonds. The number of carboxylic acids is 1. The fourth-order valence-corrected chi connectivity index (χ4v) is 3.61. The molecule has 4 nitrogen and oxygen atoms in total. The number of nitrogens with zero attached hydrogens (tertiary/aromatic N) is 1. The van der Waals surface area contributed by atoms with Gasteiger partial charge in [0.2, 0.25) is 0 Å². The molecule has 2 rings (SSSR count). The minimum absolute atomic E-state index is 0.372. The van der Waals surface area contributed by atoms with Gasteiger partial charge < -0.3 is 14.7 Å². The Kier molecular flexibility index (Phi) is 5.22. The van der Waals surface area contributed by atoms with Crippen LogP contribution in [0.4, 0.5) is 0 Å². The zero-order valence-electron chi connectivity index (χ0n) is 12.1. The lowest BCUT2D eigenvalue weighted by molar-refractivity contribution is -0.159. The van der Waals surface area contributed by atoms with Gasteiger partial charge in [-0.1, -0.05) is 19.3 Å². The normalized spacial score (nSPS) is 29.6. The van der Waals surface area contributed by atoms with Crippen LogP contribution >= 0.6 is 0 Å². The Labute approximate surface area is 116 Å². The first-order valence-electron chi connectivity index (χ1n) is 7.62. The van der Waals surface area contributed by atoms with Crippen LogP contribution in [0.25, 0.3) is 0 Å². The maximum atomic E-state index is 11.6. The van der Waals surface area contributed by atoms with E-state index in [9.17, 15) is 9.90 Å². The van der Waals surface area contributed by atoms with Crippen LogP contribution < -0.4 is 0 Å². The van der Waals surface area contributed by atoms with Gasteiger partial charge in [0.25, 0.3) is 0 Å². The molecule has 0 aromatic rings. The van der Waals surface area contributed by atoms with Gasteiger partial charge in [0.1, 0.15) is 5.41 Å². The summed E-state index contributed by atoms with van der Waals surface area (Å²) < 4.78 is 5.43. The van der Waals surface area contributed by atoms with Gasteiger partial charge in [0.05, 0.1) is 6.61 Å². The summed E-state index contributed by atoms with van der Waals surface area (Å²) >= 11 is 0. The lowest BCUT2D eigenvalue weighted by atomic mass is 9.81. The van der Waals surface area contributed by atoms with Crippen molar-refractivity contribution in [3.05, 3.63) is 0 Å². The molecule has 110 valence electrons. The Morgan fingerprint density at radius 1 is 1.32 bits per heavy atom. The van der Waals surface area contributed by atoms with Crippen molar-refractivity contribution in [2.45, 2.75) is 44.9 Å². The summed E-state index contributed by atoms with van der Waals surface area (Å²) in [5.74, 6) is 0.0665. The van der Waals surface area contributed by atoms with Crippen molar-refractivity contribution >= 4 is 5.97 Å². The quantitative estimate of drug-likeness (QED) is 0.832. The summed E-state index contributed by atoms with van der Waals surface area (Å²) in [5.41, 5.74) is -0.679. The highest BCUT2D eigenvalue weighted by atomic mass is 16.5. The number of rotatable bonds is 5. The Bertz CT molecular complexity index is 294. The smallest absolute Gasteiger partial charge is 0.313 e. The number of aliphatic carboxylic acids is 1. The first-order valence-corrected chi connectivity index (χ1v) is 7.62. The van der Waals surface area contributed by atoms with E-state index < -0.39 is 11.4 Å². The number of hydrogen-bond donors (Lipinski definition) is 1. The molecule has 2 fully saturated rings. The van der Waals surface area contributed by atoms with Crippen molar-refractivity contribution < 1.29 is 14.6 Å². The maximum absolute atomic E-state index is 11.6. The summed E-state index contributed by atoms with van der Waals surface area (Å²) in [6.45, 7) is 2.74. The molecule has 0 bridgehead atoms. The second-order valence-corrected chi connectivity index (χ2v) is 6.44. The summed E-state index contributed by atoms with van der Waals surface area (Å²) in [7, 11) is 2.06. The molecule has 0 spiro atoms. The van der Waals surface area contributed by atoms with E-state index in [1.165, 1.54) is 32.1 Å². The van der Waals surface area contributed by atoms with E-state index in [4.69, 9.17) is 4.74 Å². The van der Waals surface area contributed by atoms with Crippen molar-refractivity contribution in [2.24, 2.45) is 11.3 Å². The van der Waals surface area contributed by atoms with E-state index in [-0.39, 0.29) is 0 Å². The van der Waals surface area contributed by atoms with E-state index in [1.807, 2.05) is 0 Å². The molecule has 1 heterocycles. The molecule has 1 saturated heterocycles. The first kappa shape index (κ1) is 14.8. The zero-order valence-corrected chi connectivity index (χ0v) is 12.1. The molecule has 1 N–H and O–H groups in total. The monoisotopic (exact) mass is 269 g/mol. The molecule has 1 unspecified atom stereocenters. The number of carboxylic acid groups (broad SMARTS) is 1. The average Bonchev–Trinajstić information content (AvgIpc) is 2.40. The molecular formula is C15H27NO3. The number of hydrogen-bond acceptors (Lipinski definition) is 3. The van der Waals surface area contributed by atoms with Gasteiger partial charge in [-0.05, 0) is 38.6 Å². The van der Waals surface area contributed by atoms with Gasteiger partial charge in [0.15, 0.2) is 0 Å². The first-order chi connectivity index (χ1) is 9.12. The highest BCUT2D eigenvalue weighted by Crippen LogP contribution is 2.31. The van der Waals surface area contributed by atoms with Crippen LogP contribution in [-0.2, 0) is 9.53 Å². The zero-order chi connectivity index (χ0) is 13.7. The molecule has 1 aliphatic carbocycles. The van der Waals surface area contributed by atoms with Crippen molar-refractivity contribution in [1.82, 2.24) is 4.90 Å². The molecule has 0 radical (unpaired) electrons. The van der Waals surface area contributed by atoms with Gasteiger partial charge >= 0.3 is 5.97 Å². The Balaban J connectivity index is 1.87. The third kappa shape index (κ3) is 3.93. The molecule has 1 atom stereocenters. The summed E-state index contributed by atoms with van der Waals surface area (Å²) in [5, 5.41) is 9.54. The molecular weight excluding hydrogens is 242 g/mol. The molecule has 4 heteroatoms. The third-order valence-corrected chi connectivity index (χ3v) is 4.64. The van der Waals surface area contributed by atoms with Crippen molar-refractivity contribution in [1.29, 1.82) is 0 Å². The van der Waals surface area contributed by atoms with Gasteiger partial charge in [-0.25, -0.2) is 0 Å². The molecule has 0 aromatic heterocycles. The van der Waals surface area contributed by atoms with Crippen molar-refractivity contribution in [3.63, 3.8) is 0 Å². The van der Waals surface area contributed by atoms with Crippen LogP contribution in [0.15, 0.2) is 0 Å². The summed E-state index contributed by atoms with van der Waals surface area (Å²) in [6.07, 6.45) is 8.27. The van der Waals surface area contributed by atoms with Gasteiger partial charge in [-0.2, -0.15) is 0 Å². The molecule has 2 aliphatic rings. The van der Waals surface area contributed by atoms with E-state index >= 15 is 0 Å². The van der Waals surface area contributed by atoms with Crippen molar-refractivity contribution in [2.75, 3.05) is 33.4 Å². The molecule has 0 aromatic carbocycles. The SMILES string of the molecule is CN(CC1CCCCC1)CC1(C(=O)O)CCCOC1. The fraction of sp³-hybridized carbons (Fsp3) is 0.933. The standard InChI is InChI=1S/C15H27NO3/c1-16(10-13-6-3-2-4-7-13)11-15(14(17)18)8-5-9-19-12-15/h13H,2-12H2,1H3,(H,17,18). The highest BCUT2D eigenvalue weighted by molar-refractivity contribution is 5.75. The molecule has 1 aliphatic heterocycles. The lowest BCUT2D eigenvalue weighted by Gasteiger charge is -2.37. The van der Waals surface area contributed by atoms with Crippen molar-refractivity contribution in [3.8, 4) is 0 Å². The highest BCUT2D eigenvalue weighted by Gasteiger charge is 2.41. The van der Waals surface area contributed by atoms with Crippen LogP contribution in [0, 0.1) is 11.3 Å². The minimum Gasteiger partial charge on any atom is -0.481 e. The van der Waals surface area contributed by atoms with Gasteiger partial charge in [-0.3, -0.25) is 4.79 Å². The van der Waals surface area contributed by atoms with E-state index in [0.29, 0.717) is 19.8 Å². The Hall–Kier alpha value is -0.610. The topological polar surface area (TPSA) is 49.8 Å².